The maximum absolute atomic E-state index is 5.38. The number of hydrogen-bond acceptors (Lipinski definition) is 5. The standard InChI is InChI=1S/C20H22N4O2S/c1-12-8-13(2)16(14(3)9-12)11-21-24-19(22-23-20(24)27)15-6-7-17(25-4)18(10-15)26-5/h6-11H,1-5H3,(H,23,27)/b21-11-. The largest absolute Gasteiger partial charge is 0.493 e. The molecule has 1 heterocycles. The van der Waals surface area contributed by atoms with E-state index in [1.165, 1.54) is 16.7 Å². The first kappa shape index (κ1) is 18.8. The number of rotatable bonds is 5. The van der Waals surface area contributed by atoms with Gasteiger partial charge in [-0.1, -0.05) is 17.7 Å². The molecule has 140 valence electrons. The molecule has 0 aliphatic carbocycles. The van der Waals surface area contributed by atoms with E-state index in [9.17, 15) is 0 Å². The molecule has 0 saturated heterocycles. The Bertz CT molecular complexity index is 1040. The Morgan fingerprint density at radius 3 is 2.33 bits per heavy atom. The zero-order valence-corrected chi connectivity index (χ0v) is 16.8. The van der Waals surface area contributed by atoms with E-state index in [2.05, 4.69) is 48.2 Å². The van der Waals surface area contributed by atoms with Crippen molar-refractivity contribution in [2.45, 2.75) is 20.8 Å². The van der Waals surface area contributed by atoms with Crippen molar-refractivity contribution >= 4 is 18.4 Å². The molecule has 0 spiro atoms. The Kier molecular flexibility index (Phi) is 5.41. The molecule has 0 aliphatic rings. The van der Waals surface area contributed by atoms with Gasteiger partial charge in [-0.05, 0) is 62.3 Å². The minimum Gasteiger partial charge on any atom is -0.493 e. The van der Waals surface area contributed by atoms with Gasteiger partial charge in [-0.15, -0.1) is 0 Å². The minimum absolute atomic E-state index is 0.415. The Balaban J connectivity index is 2.05. The van der Waals surface area contributed by atoms with Crippen LogP contribution in [0.3, 0.4) is 0 Å². The van der Waals surface area contributed by atoms with Crippen molar-refractivity contribution in [2.24, 2.45) is 5.10 Å². The molecule has 3 aromatic rings. The molecule has 0 aliphatic heterocycles. The SMILES string of the molecule is COc1ccc(-c2n[nH]c(=S)n2/N=C\c2c(C)cc(C)cc2C)cc1OC. The van der Waals surface area contributed by atoms with Crippen LogP contribution in [0.5, 0.6) is 11.5 Å². The molecule has 6 nitrogen and oxygen atoms in total. The molecule has 0 fully saturated rings. The summed E-state index contributed by atoms with van der Waals surface area (Å²) in [5.74, 6) is 1.86. The summed E-state index contributed by atoms with van der Waals surface area (Å²) >= 11 is 5.36. The lowest BCUT2D eigenvalue weighted by molar-refractivity contribution is 0.355. The Hall–Kier alpha value is -2.93. The molecular weight excluding hydrogens is 360 g/mol. The number of benzene rings is 2. The van der Waals surface area contributed by atoms with Gasteiger partial charge in [0.05, 0.1) is 20.4 Å². The van der Waals surface area contributed by atoms with E-state index in [0.29, 0.717) is 22.1 Å². The smallest absolute Gasteiger partial charge is 0.216 e. The third kappa shape index (κ3) is 3.78. The molecule has 0 amide bonds. The molecule has 3 rings (SSSR count). The molecule has 0 bridgehead atoms. The highest BCUT2D eigenvalue weighted by molar-refractivity contribution is 7.71. The number of aromatic nitrogens is 3. The van der Waals surface area contributed by atoms with Gasteiger partial charge >= 0.3 is 0 Å². The quantitative estimate of drug-likeness (QED) is 0.524. The molecule has 1 aromatic heterocycles. The van der Waals surface area contributed by atoms with Crippen LogP contribution < -0.4 is 9.47 Å². The maximum Gasteiger partial charge on any atom is 0.216 e. The molecular formula is C20H22N4O2S. The van der Waals surface area contributed by atoms with Crippen LogP contribution in [0.15, 0.2) is 35.4 Å². The number of hydrogen-bond donors (Lipinski definition) is 1. The van der Waals surface area contributed by atoms with E-state index in [1.54, 1.807) is 18.9 Å². The summed E-state index contributed by atoms with van der Waals surface area (Å²) in [6.45, 7) is 6.23. The van der Waals surface area contributed by atoms with E-state index in [-0.39, 0.29) is 0 Å². The highest BCUT2D eigenvalue weighted by atomic mass is 32.1. The predicted molar refractivity (Wildman–Crippen MR) is 110 cm³/mol. The first-order chi connectivity index (χ1) is 12.9. The number of aromatic amines is 1. The van der Waals surface area contributed by atoms with Gasteiger partial charge in [0, 0.05) is 11.1 Å². The molecule has 0 atom stereocenters. The number of methoxy groups -OCH3 is 2. The van der Waals surface area contributed by atoms with Crippen molar-refractivity contribution in [3.05, 3.63) is 57.4 Å². The van der Waals surface area contributed by atoms with Crippen molar-refractivity contribution in [2.75, 3.05) is 14.2 Å². The summed E-state index contributed by atoms with van der Waals surface area (Å²) in [7, 11) is 3.20. The van der Waals surface area contributed by atoms with Crippen molar-refractivity contribution < 1.29 is 9.47 Å². The fourth-order valence-electron chi connectivity index (χ4n) is 3.07. The highest BCUT2D eigenvalue weighted by Gasteiger charge is 2.12. The zero-order chi connectivity index (χ0) is 19.6. The molecule has 0 unspecified atom stereocenters. The van der Waals surface area contributed by atoms with Gasteiger partial charge in [-0.3, -0.25) is 0 Å². The van der Waals surface area contributed by atoms with E-state index in [0.717, 1.165) is 11.1 Å². The minimum atomic E-state index is 0.415. The van der Waals surface area contributed by atoms with Gasteiger partial charge in [0.1, 0.15) is 0 Å². The number of nitrogens with zero attached hydrogens (tertiary/aromatic N) is 3. The molecule has 27 heavy (non-hydrogen) atoms. The first-order valence-corrected chi connectivity index (χ1v) is 8.87. The van der Waals surface area contributed by atoms with Gasteiger partial charge in [-0.25, -0.2) is 5.10 Å². The van der Waals surface area contributed by atoms with Crippen LogP contribution in [0, 0.1) is 25.5 Å². The lowest BCUT2D eigenvalue weighted by atomic mass is 10.0. The van der Waals surface area contributed by atoms with Crippen molar-refractivity contribution in [3.8, 4) is 22.9 Å². The maximum atomic E-state index is 5.38. The summed E-state index contributed by atoms with van der Waals surface area (Å²) in [6.07, 6.45) is 1.82. The van der Waals surface area contributed by atoms with Crippen LogP contribution in [0.25, 0.3) is 11.4 Å². The van der Waals surface area contributed by atoms with Crippen LogP contribution in [0.2, 0.25) is 0 Å². The van der Waals surface area contributed by atoms with E-state index in [1.807, 2.05) is 24.4 Å². The van der Waals surface area contributed by atoms with Crippen LogP contribution >= 0.6 is 12.2 Å². The summed E-state index contributed by atoms with van der Waals surface area (Å²) in [6, 6.07) is 9.84. The summed E-state index contributed by atoms with van der Waals surface area (Å²) < 4.78 is 12.7. The molecule has 1 N–H and O–H groups in total. The molecule has 2 aromatic carbocycles. The van der Waals surface area contributed by atoms with Gasteiger partial charge in [0.15, 0.2) is 17.3 Å². The van der Waals surface area contributed by atoms with Gasteiger partial charge in [-0.2, -0.15) is 14.9 Å². The molecule has 0 radical (unpaired) electrons. The number of aryl methyl sites for hydroxylation is 3. The summed E-state index contributed by atoms with van der Waals surface area (Å²) in [5, 5.41) is 11.7. The fourth-order valence-corrected chi connectivity index (χ4v) is 3.25. The van der Waals surface area contributed by atoms with Crippen LogP contribution in [-0.2, 0) is 0 Å². The van der Waals surface area contributed by atoms with Crippen molar-refractivity contribution in [1.29, 1.82) is 0 Å². The van der Waals surface area contributed by atoms with E-state index >= 15 is 0 Å². The summed E-state index contributed by atoms with van der Waals surface area (Å²) in [4.78, 5) is 0. The van der Waals surface area contributed by atoms with E-state index < -0.39 is 0 Å². The number of H-pyrrole nitrogens is 1. The highest BCUT2D eigenvalue weighted by Crippen LogP contribution is 2.31. The van der Waals surface area contributed by atoms with Crippen LogP contribution in [-0.4, -0.2) is 35.3 Å². The number of ether oxygens (including phenoxy) is 2. The average molecular weight is 382 g/mol. The zero-order valence-electron chi connectivity index (χ0n) is 16.0. The van der Waals surface area contributed by atoms with Crippen molar-refractivity contribution in [3.63, 3.8) is 0 Å². The second-order valence-electron chi connectivity index (χ2n) is 6.29. The topological polar surface area (TPSA) is 64.4 Å². The molecule has 7 heteroatoms. The average Bonchev–Trinajstić information content (AvgIpc) is 3.01. The van der Waals surface area contributed by atoms with Gasteiger partial charge in [0.25, 0.3) is 0 Å². The van der Waals surface area contributed by atoms with Crippen LogP contribution in [0.4, 0.5) is 0 Å². The van der Waals surface area contributed by atoms with Gasteiger partial charge < -0.3 is 9.47 Å². The molecule has 0 saturated carbocycles. The predicted octanol–water partition coefficient (Wildman–Crippen LogP) is 4.43. The second kappa shape index (κ2) is 7.75. The normalized spacial score (nSPS) is 11.1. The Labute approximate surface area is 163 Å². The Morgan fingerprint density at radius 2 is 1.70 bits per heavy atom. The van der Waals surface area contributed by atoms with Crippen LogP contribution in [0.1, 0.15) is 22.3 Å². The first-order valence-electron chi connectivity index (χ1n) is 8.46. The fraction of sp³-hybridized carbons (Fsp3) is 0.250. The van der Waals surface area contributed by atoms with Crippen molar-refractivity contribution in [1.82, 2.24) is 14.9 Å². The lowest BCUT2D eigenvalue weighted by Crippen LogP contribution is -1.99. The second-order valence-corrected chi connectivity index (χ2v) is 6.68. The third-order valence-electron chi connectivity index (χ3n) is 4.33. The lowest BCUT2D eigenvalue weighted by Gasteiger charge is -2.09. The Morgan fingerprint density at radius 1 is 1.04 bits per heavy atom. The summed E-state index contributed by atoms with van der Waals surface area (Å²) in [5.41, 5.74) is 5.45. The van der Waals surface area contributed by atoms with E-state index in [4.69, 9.17) is 21.7 Å². The van der Waals surface area contributed by atoms with Gasteiger partial charge in [0.2, 0.25) is 4.77 Å². The third-order valence-corrected chi connectivity index (χ3v) is 4.60. The monoisotopic (exact) mass is 382 g/mol. The number of nitrogens with one attached hydrogen (secondary N) is 1.